The molecule has 6 nitrogen and oxygen atoms in total. The Morgan fingerprint density at radius 3 is 2.08 bits per heavy atom. The van der Waals surface area contributed by atoms with Crippen LogP contribution in [0.3, 0.4) is 0 Å². The molecule has 26 heavy (non-hydrogen) atoms. The lowest BCUT2D eigenvalue weighted by Gasteiger charge is -2.42. The van der Waals surface area contributed by atoms with E-state index in [0.717, 1.165) is 0 Å². The van der Waals surface area contributed by atoms with Crippen molar-refractivity contribution >= 4 is 48.4 Å². The number of hydrogen-bond donors (Lipinski definition) is 0. The first-order valence-electron chi connectivity index (χ1n) is 8.88. The van der Waals surface area contributed by atoms with Gasteiger partial charge in [-0.3, -0.25) is 4.35 Å². The lowest BCUT2D eigenvalue weighted by atomic mass is 10.3. The molecule has 2 rings (SSSR count). The normalized spacial score (nSPS) is 12.6. The van der Waals surface area contributed by atoms with Gasteiger partial charge in [-0.1, -0.05) is 53.1 Å². The van der Waals surface area contributed by atoms with Crippen molar-refractivity contribution in [1.82, 2.24) is 19.4 Å². The van der Waals surface area contributed by atoms with Crippen molar-refractivity contribution in [2.75, 3.05) is 6.61 Å². The van der Waals surface area contributed by atoms with Crippen LogP contribution in [0.15, 0.2) is 0 Å². The Balaban J connectivity index is 2.96. The molecule has 0 amide bonds. The van der Waals surface area contributed by atoms with E-state index in [9.17, 15) is 4.79 Å². The Morgan fingerprint density at radius 1 is 1.08 bits per heavy atom. The molecule has 2 heterocycles. The third kappa shape index (κ3) is 3.25. The molecular formula is C17H26Cl2N4O2Si. The predicted octanol–water partition coefficient (Wildman–Crippen LogP) is 5.33. The molecule has 0 unspecified atom stereocenters. The number of carbonyl (C=O) groups excluding carboxylic acids is 1. The molecule has 0 fully saturated rings. The largest absolute Gasteiger partial charge is 0.461 e. The summed E-state index contributed by atoms with van der Waals surface area (Å²) in [4.78, 5) is 20.9. The number of nitrogens with zero attached hydrogens (tertiary/aromatic N) is 4. The molecule has 0 aliphatic rings. The first-order chi connectivity index (χ1) is 12.1. The van der Waals surface area contributed by atoms with E-state index in [4.69, 9.17) is 33.0 Å². The molecule has 2 aromatic heterocycles. The molecule has 2 aromatic rings. The minimum absolute atomic E-state index is 0.0153. The molecule has 0 atom stereocenters. The SMILES string of the molecule is CCOC(=O)c1nn([Si](C(C)C)(C(C)C)C(C)C)c2c(Cl)nc(Cl)nc12. The van der Waals surface area contributed by atoms with Gasteiger partial charge in [0.2, 0.25) is 5.28 Å². The van der Waals surface area contributed by atoms with E-state index in [-0.39, 0.29) is 22.7 Å². The van der Waals surface area contributed by atoms with Crippen LogP contribution in [0.4, 0.5) is 0 Å². The number of halogens is 2. The van der Waals surface area contributed by atoms with Gasteiger partial charge in [0.15, 0.2) is 19.1 Å². The molecule has 0 aromatic carbocycles. The summed E-state index contributed by atoms with van der Waals surface area (Å²) in [7, 11) is -2.27. The molecule has 0 radical (unpaired) electrons. The summed E-state index contributed by atoms with van der Waals surface area (Å²) in [6.45, 7) is 15.2. The second-order valence-electron chi connectivity index (χ2n) is 7.31. The van der Waals surface area contributed by atoms with Crippen molar-refractivity contribution in [3.8, 4) is 0 Å². The Hall–Kier alpha value is -1.18. The minimum atomic E-state index is -2.27. The number of fused-ring (bicyclic) bond motifs is 1. The van der Waals surface area contributed by atoms with Crippen LogP contribution in [0.5, 0.6) is 0 Å². The number of esters is 1. The molecule has 0 saturated heterocycles. The minimum Gasteiger partial charge on any atom is -0.461 e. The van der Waals surface area contributed by atoms with Crippen LogP contribution >= 0.6 is 23.2 Å². The van der Waals surface area contributed by atoms with Crippen molar-refractivity contribution < 1.29 is 9.53 Å². The van der Waals surface area contributed by atoms with Crippen molar-refractivity contribution in [2.45, 2.75) is 65.1 Å². The second-order valence-corrected chi connectivity index (χ2v) is 13.7. The van der Waals surface area contributed by atoms with E-state index < -0.39 is 14.2 Å². The highest BCUT2D eigenvalue weighted by atomic mass is 35.5. The number of carbonyl (C=O) groups is 1. The maximum atomic E-state index is 12.5. The third-order valence-electron chi connectivity index (χ3n) is 5.06. The summed E-state index contributed by atoms with van der Waals surface area (Å²) < 4.78 is 7.14. The van der Waals surface area contributed by atoms with Crippen molar-refractivity contribution in [2.24, 2.45) is 0 Å². The van der Waals surface area contributed by atoms with Gasteiger partial charge < -0.3 is 4.74 Å². The number of aromatic nitrogens is 4. The lowest BCUT2D eigenvalue weighted by molar-refractivity contribution is 0.0521. The average Bonchev–Trinajstić information content (AvgIpc) is 2.86. The molecule has 0 spiro atoms. The van der Waals surface area contributed by atoms with Crippen LogP contribution in [0.1, 0.15) is 59.0 Å². The van der Waals surface area contributed by atoms with Crippen LogP contribution in [0.2, 0.25) is 27.1 Å². The van der Waals surface area contributed by atoms with E-state index in [1.165, 1.54) is 0 Å². The fourth-order valence-corrected chi connectivity index (χ4v) is 11.2. The lowest BCUT2D eigenvalue weighted by Crippen LogP contribution is -2.52. The monoisotopic (exact) mass is 416 g/mol. The van der Waals surface area contributed by atoms with Crippen LogP contribution in [0.25, 0.3) is 11.0 Å². The van der Waals surface area contributed by atoms with Crippen molar-refractivity contribution in [3.05, 3.63) is 16.1 Å². The molecule has 144 valence electrons. The van der Waals surface area contributed by atoms with Crippen molar-refractivity contribution in [3.63, 3.8) is 0 Å². The molecule has 0 aliphatic carbocycles. The van der Waals surface area contributed by atoms with Gasteiger partial charge in [0.25, 0.3) is 0 Å². The smallest absolute Gasteiger partial charge is 0.361 e. The predicted molar refractivity (Wildman–Crippen MR) is 108 cm³/mol. The maximum Gasteiger partial charge on any atom is 0.361 e. The Morgan fingerprint density at radius 2 is 1.62 bits per heavy atom. The summed E-state index contributed by atoms with van der Waals surface area (Å²) >= 11 is 12.5. The Labute approximate surface area is 165 Å². The zero-order valence-corrected chi connectivity index (χ0v) is 18.8. The van der Waals surface area contributed by atoms with Gasteiger partial charge in [0.05, 0.1) is 6.61 Å². The molecule has 0 aliphatic heterocycles. The standard InChI is InChI=1S/C17H26Cl2N4O2Si/c1-8-25-16(24)13-12-14(15(18)21-17(19)20-12)23(22-13)26(9(2)3,10(4)5)11(6)7/h9-11H,8H2,1-7H3. The summed E-state index contributed by atoms with van der Waals surface area (Å²) in [5, 5.41) is 4.90. The highest BCUT2D eigenvalue weighted by Gasteiger charge is 2.48. The molecule has 9 heteroatoms. The number of ether oxygens (including phenoxy) is 1. The summed E-state index contributed by atoms with van der Waals surface area (Å²) in [5.41, 5.74) is 2.13. The highest BCUT2D eigenvalue weighted by molar-refractivity contribution is 6.82. The van der Waals surface area contributed by atoms with Crippen molar-refractivity contribution in [1.29, 1.82) is 0 Å². The van der Waals surface area contributed by atoms with Gasteiger partial charge >= 0.3 is 5.97 Å². The summed E-state index contributed by atoms with van der Waals surface area (Å²) in [6, 6.07) is 0. The topological polar surface area (TPSA) is 69.9 Å². The highest BCUT2D eigenvalue weighted by Crippen LogP contribution is 2.44. The molecular weight excluding hydrogens is 391 g/mol. The van der Waals surface area contributed by atoms with E-state index in [1.807, 2.05) is 4.35 Å². The van der Waals surface area contributed by atoms with Gasteiger partial charge in [-0.05, 0) is 35.1 Å². The number of rotatable bonds is 6. The van der Waals surface area contributed by atoms with E-state index in [1.54, 1.807) is 6.92 Å². The Bertz CT molecular complexity index is 799. The third-order valence-corrected chi connectivity index (χ3v) is 12.1. The van der Waals surface area contributed by atoms with E-state index in [0.29, 0.717) is 27.7 Å². The second kappa shape index (κ2) is 7.82. The summed E-state index contributed by atoms with van der Waals surface area (Å²) in [5.74, 6) is -0.527. The van der Waals surface area contributed by atoms with Gasteiger partial charge in [0.1, 0.15) is 11.0 Å². The van der Waals surface area contributed by atoms with Gasteiger partial charge in [-0.15, -0.1) is 0 Å². The number of hydrogen-bond acceptors (Lipinski definition) is 5. The quantitative estimate of drug-likeness (QED) is 0.275. The van der Waals surface area contributed by atoms with Crippen LogP contribution in [-0.4, -0.2) is 40.2 Å². The van der Waals surface area contributed by atoms with Crippen LogP contribution in [0, 0.1) is 0 Å². The first kappa shape index (κ1) is 21.1. The van der Waals surface area contributed by atoms with Crippen LogP contribution in [-0.2, 0) is 4.74 Å². The first-order valence-corrected chi connectivity index (χ1v) is 11.8. The van der Waals surface area contributed by atoms with E-state index in [2.05, 4.69) is 51.5 Å². The zero-order valence-electron chi connectivity index (χ0n) is 16.3. The van der Waals surface area contributed by atoms with Gasteiger partial charge in [-0.2, -0.15) is 5.10 Å². The van der Waals surface area contributed by atoms with Gasteiger partial charge in [-0.25, -0.2) is 14.8 Å². The molecule has 0 N–H and O–H groups in total. The fraction of sp³-hybridized carbons (Fsp3) is 0.647. The Kier molecular flexibility index (Phi) is 6.35. The average molecular weight is 417 g/mol. The zero-order chi connectivity index (χ0) is 19.8. The van der Waals surface area contributed by atoms with E-state index >= 15 is 0 Å². The fourth-order valence-electron chi connectivity index (χ4n) is 4.30. The molecule has 0 saturated carbocycles. The van der Waals surface area contributed by atoms with Crippen LogP contribution < -0.4 is 0 Å². The molecule has 0 bridgehead atoms. The summed E-state index contributed by atoms with van der Waals surface area (Å²) in [6.07, 6.45) is 0. The maximum absolute atomic E-state index is 12.5. The van der Waals surface area contributed by atoms with Gasteiger partial charge in [0, 0.05) is 0 Å².